The molecular formula is C22H19F2N5O4. The zero-order valence-electron chi connectivity index (χ0n) is 17.7. The van der Waals surface area contributed by atoms with Crippen LogP contribution in [-0.2, 0) is 0 Å². The van der Waals surface area contributed by atoms with Crippen LogP contribution in [0.5, 0.6) is 17.4 Å². The third-order valence-electron chi connectivity index (χ3n) is 4.71. The average Bonchev–Trinajstić information content (AvgIpc) is 3.26. The number of hydrogen-bond donors (Lipinski definition) is 1. The lowest BCUT2D eigenvalue weighted by Gasteiger charge is -2.10. The van der Waals surface area contributed by atoms with E-state index in [1.54, 1.807) is 37.4 Å². The van der Waals surface area contributed by atoms with Crippen LogP contribution in [0.4, 0.5) is 8.78 Å². The van der Waals surface area contributed by atoms with Crippen molar-refractivity contribution in [1.82, 2.24) is 25.1 Å². The van der Waals surface area contributed by atoms with E-state index in [0.717, 1.165) is 12.1 Å². The van der Waals surface area contributed by atoms with E-state index in [1.165, 1.54) is 17.7 Å². The highest BCUT2D eigenvalue weighted by atomic mass is 19.2. The van der Waals surface area contributed by atoms with Crippen LogP contribution in [0.15, 0.2) is 48.5 Å². The molecule has 1 amide bonds. The minimum absolute atomic E-state index is 0.0102. The first-order chi connectivity index (χ1) is 16.0. The second-order valence-electron chi connectivity index (χ2n) is 6.76. The normalized spacial score (nSPS) is 10.8. The van der Waals surface area contributed by atoms with E-state index in [0.29, 0.717) is 28.5 Å². The zero-order valence-corrected chi connectivity index (χ0v) is 17.7. The van der Waals surface area contributed by atoms with Crippen molar-refractivity contribution >= 4 is 11.6 Å². The summed E-state index contributed by atoms with van der Waals surface area (Å²) in [4.78, 5) is 12.1. The molecule has 0 aliphatic heterocycles. The van der Waals surface area contributed by atoms with Crippen LogP contribution in [0.1, 0.15) is 10.4 Å². The van der Waals surface area contributed by atoms with Gasteiger partial charge in [-0.15, -0.1) is 15.3 Å². The maximum absolute atomic E-state index is 13.3. The second kappa shape index (κ2) is 9.47. The molecule has 1 N–H and O–H groups in total. The molecule has 0 fully saturated rings. The highest BCUT2D eigenvalue weighted by Gasteiger charge is 2.16. The van der Waals surface area contributed by atoms with E-state index in [2.05, 4.69) is 20.6 Å². The molecule has 0 saturated heterocycles. The molecule has 33 heavy (non-hydrogen) atoms. The van der Waals surface area contributed by atoms with Crippen molar-refractivity contribution in [2.45, 2.75) is 0 Å². The Morgan fingerprint density at radius 2 is 1.85 bits per heavy atom. The smallest absolute Gasteiger partial charge is 0.251 e. The van der Waals surface area contributed by atoms with Crippen LogP contribution in [-0.4, -0.2) is 53.1 Å². The molecule has 0 aliphatic carbocycles. The Labute approximate surface area is 186 Å². The Balaban J connectivity index is 1.44. The molecule has 0 saturated carbocycles. The molecule has 170 valence electrons. The van der Waals surface area contributed by atoms with E-state index < -0.39 is 17.5 Å². The molecule has 2 aromatic heterocycles. The molecule has 0 radical (unpaired) electrons. The Kier molecular flexibility index (Phi) is 6.29. The predicted molar refractivity (Wildman–Crippen MR) is 114 cm³/mol. The maximum atomic E-state index is 13.3. The summed E-state index contributed by atoms with van der Waals surface area (Å²) in [6.07, 6.45) is 0. The van der Waals surface area contributed by atoms with Gasteiger partial charge in [-0.1, -0.05) is 0 Å². The van der Waals surface area contributed by atoms with Crippen molar-refractivity contribution in [3.63, 3.8) is 0 Å². The minimum atomic E-state index is -1.09. The topological polar surface area (TPSA) is 99.9 Å². The number of rotatable bonds is 8. The van der Waals surface area contributed by atoms with Crippen LogP contribution < -0.4 is 19.5 Å². The molecule has 9 nitrogen and oxygen atoms in total. The number of amides is 1. The maximum Gasteiger partial charge on any atom is 0.251 e. The molecule has 2 heterocycles. The van der Waals surface area contributed by atoms with Crippen LogP contribution in [0.2, 0.25) is 0 Å². The summed E-state index contributed by atoms with van der Waals surface area (Å²) in [6, 6.07) is 11.5. The fourth-order valence-electron chi connectivity index (χ4n) is 3.06. The van der Waals surface area contributed by atoms with Crippen LogP contribution >= 0.6 is 0 Å². The van der Waals surface area contributed by atoms with Gasteiger partial charge in [0.25, 0.3) is 5.91 Å². The van der Waals surface area contributed by atoms with Crippen molar-refractivity contribution in [2.75, 3.05) is 27.4 Å². The minimum Gasteiger partial charge on any atom is -0.497 e. The van der Waals surface area contributed by atoms with Gasteiger partial charge in [-0.05, 0) is 36.4 Å². The fraction of sp³-hybridized carbons (Fsp3) is 0.182. The standard InChI is InChI=1S/C22H19F2N5O4/c1-31-14-4-5-15(18(12-14)32-2)21-27-26-19-7-8-20(28-29(19)21)33-10-9-25-22(30)13-3-6-16(23)17(24)11-13/h3-8,11-12H,9-10H2,1-2H3,(H,25,30). The van der Waals surface area contributed by atoms with Gasteiger partial charge < -0.3 is 19.5 Å². The van der Waals surface area contributed by atoms with Crippen molar-refractivity contribution in [1.29, 1.82) is 0 Å². The van der Waals surface area contributed by atoms with Gasteiger partial charge in [-0.2, -0.15) is 4.52 Å². The molecule has 0 bridgehead atoms. The van der Waals surface area contributed by atoms with Crippen molar-refractivity contribution in [3.8, 4) is 28.8 Å². The number of nitrogens with one attached hydrogen (secondary N) is 1. The van der Waals surface area contributed by atoms with E-state index in [4.69, 9.17) is 14.2 Å². The van der Waals surface area contributed by atoms with Gasteiger partial charge in [-0.25, -0.2) is 8.78 Å². The van der Waals surface area contributed by atoms with Gasteiger partial charge in [-0.3, -0.25) is 4.79 Å². The third-order valence-corrected chi connectivity index (χ3v) is 4.71. The monoisotopic (exact) mass is 455 g/mol. The van der Waals surface area contributed by atoms with Crippen molar-refractivity contribution in [2.24, 2.45) is 0 Å². The van der Waals surface area contributed by atoms with Gasteiger partial charge in [0.1, 0.15) is 18.1 Å². The van der Waals surface area contributed by atoms with Gasteiger partial charge in [0.2, 0.25) is 5.88 Å². The third kappa shape index (κ3) is 4.66. The summed E-state index contributed by atoms with van der Waals surface area (Å²) < 4.78 is 44.1. The van der Waals surface area contributed by atoms with Crippen LogP contribution in [0.25, 0.3) is 17.0 Å². The van der Waals surface area contributed by atoms with E-state index >= 15 is 0 Å². The van der Waals surface area contributed by atoms with Crippen LogP contribution in [0.3, 0.4) is 0 Å². The number of halogens is 2. The predicted octanol–water partition coefficient (Wildman–Crippen LogP) is 2.90. The number of methoxy groups -OCH3 is 2. The first kappa shape index (κ1) is 21.9. The van der Waals surface area contributed by atoms with E-state index in [9.17, 15) is 13.6 Å². The number of nitrogens with zero attached hydrogens (tertiary/aromatic N) is 4. The van der Waals surface area contributed by atoms with Gasteiger partial charge in [0.15, 0.2) is 23.1 Å². The lowest BCUT2D eigenvalue weighted by atomic mass is 10.2. The quantitative estimate of drug-likeness (QED) is 0.408. The first-order valence-electron chi connectivity index (χ1n) is 9.81. The molecule has 4 rings (SSSR count). The second-order valence-corrected chi connectivity index (χ2v) is 6.76. The molecular weight excluding hydrogens is 436 g/mol. The number of aromatic nitrogens is 4. The SMILES string of the molecule is COc1ccc(-c2nnc3ccc(OCCNC(=O)c4ccc(F)c(F)c4)nn23)c(OC)c1. The number of ether oxygens (including phenoxy) is 3. The zero-order chi connectivity index (χ0) is 23.4. The Morgan fingerprint density at radius 1 is 1.00 bits per heavy atom. The molecule has 0 unspecified atom stereocenters. The fourth-order valence-corrected chi connectivity index (χ4v) is 3.06. The summed E-state index contributed by atoms with van der Waals surface area (Å²) in [5.74, 6) is -0.761. The lowest BCUT2D eigenvalue weighted by molar-refractivity contribution is 0.0946. The Bertz CT molecular complexity index is 1310. The first-order valence-corrected chi connectivity index (χ1v) is 9.81. The average molecular weight is 455 g/mol. The highest BCUT2D eigenvalue weighted by molar-refractivity contribution is 5.94. The number of benzene rings is 2. The lowest BCUT2D eigenvalue weighted by Crippen LogP contribution is -2.28. The Morgan fingerprint density at radius 3 is 2.61 bits per heavy atom. The molecule has 2 aromatic carbocycles. The summed E-state index contributed by atoms with van der Waals surface area (Å²) >= 11 is 0. The van der Waals surface area contributed by atoms with Crippen molar-refractivity contribution in [3.05, 3.63) is 65.7 Å². The van der Waals surface area contributed by atoms with Gasteiger partial charge in [0.05, 0.1) is 26.3 Å². The summed E-state index contributed by atoms with van der Waals surface area (Å²) in [5.41, 5.74) is 1.17. The molecule has 0 atom stereocenters. The largest absolute Gasteiger partial charge is 0.497 e. The van der Waals surface area contributed by atoms with Crippen LogP contribution in [0, 0.1) is 11.6 Å². The molecule has 11 heteroatoms. The molecule has 0 spiro atoms. The number of carbonyl (C=O) groups is 1. The molecule has 0 aliphatic rings. The Hall–Kier alpha value is -4.28. The number of fused-ring (bicyclic) bond motifs is 1. The number of hydrogen-bond acceptors (Lipinski definition) is 7. The van der Waals surface area contributed by atoms with Crippen molar-refractivity contribution < 1.29 is 27.8 Å². The highest BCUT2D eigenvalue weighted by Crippen LogP contribution is 2.32. The number of carbonyl (C=O) groups excluding carboxylic acids is 1. The molecule has 4 aromatic rings. The van der Waals surface area contributed by atoms with E-state index in [1.807, 2.05) is 0 Å². The van der Waals surface area contributed by atoms with E-state index in [-0.39, 0.29) is 24.6 Å². The summed E-state index contributed by atoms with van der Waals surface area (Å²) in [7, 11) is 3.10. The van der Waals surface area contributed by atoms with Gasteiger partial charge in [0, 0.05) is 17.7 Å². The summed E-state index contributed by atoms with van der Waals surface area (Å²) in [6.45, 7) is 0.218. The van der Waals surface area contributed by atoms with Gasteiger partial charge >= 0.3 is 0 Å². The summed E-state index contributed by atoms with van der Waals surface area (Å²) in [5, 5.41) is 15.3.